The molecule has 1 N–H and O–H groups in total. The third-order valence-electron chi connectivity index (χ3n) is 5.45. The Morgan fingerprint density at radius 1 is 1.12 bits per heavy atom. The minimum Gasteiger partial charge on any atom is -0.465 e. The lowest BCUT2D eigenvalue weighted by Gasteiger charge is -2.28. The highest BCUT2D eigenvalue weighted by Gasteiger charge is 2.42. The highest BCUT2D eigenvalue weighted by molar-refractivity contribution is 7.80. The zero-order valence-corrected chi connectivity index (χ0v) is 19.1. The summed E-state index contributed by atoms with van der Waals surface area (Å²) in [5.74, 6) is -0.746. The van der Waals surface area contributed by atoms with E-state index in [0.29, 0.717) is 17.3 Å². The molecule has 1 aliphatic rings. The fourth-order valence-corrected chi connectivity index (χ4v) is 4.29. The van der Waals surface area contributed by atoms with Crippen LogP contribution < -0.4 is 5.32 Å². The molecule has 0 aliphatic carbocycles. The van der Waals surface area contributed by atoms with E-state index in [1.807, 2.05) is 58.1 Å². The van der Waals surface area contributed by atoms with Crippen LogP contribution in [-0.4, -0.2) is 51.8 Å². The number of esters is 2. The molecule has 33 heavy (non-hydrogen) atoms. The summed E-state index contributed by atoms with van der Waals surface area (Å²) in [5, 5.41) is 3.79. The molecule has 9 heteroatoms. The summed E-state index contributed by atoms with van der Waals surface area (Å²) in [6, 6.07) is 16.2. The Kier molecular flexibility index (Phi) is 6.69. The number of thiocarbonyl (C=S) groups is 1. The fraction of sp³-hybridized carbons (Fsp3) is 0.250. The van der Waals surface area contributed by atoms with Gasteiger partial charge in [-0.25, -0.2) is 4.79 Å². The van der Waals surface area contributed by atoms with Crippen molar-refractivity contribution < 1.29 is 19.1 Å². The zero-order valence-electron chi connectivity index (χ0n) is 18.3. The van der Waals surface area contributed by atoms with Gasteiger partial charge in [-0.05, 0) is 67.7 Å². The first-order chi connectivity index (χ1) is 16.0. The number of benzene rings is 1. The van der Waals surface area contributed by atoms with Crippen LogP contribution in [0.5, 0.6) is 0 Å². The van der Waals surface area contributed by atoms with Crippen molar-refractivity contribution in [2.45, 2.75) is 19.0 Å². The molecule has 0 saturated carbocycles. The highest BCUT2D eigenvalue weighted by atomic mass is 32.1. The quantitative estimate of drug-likeness (QED) is 0.422. The molecule has 170 valence electrons. The number of rotatable bonds is 7. The van der Waals surface area contributed by atoms with Crippen LogP contribution >= 0.6 is 12.2 Å². The Morgan fingerprint density at radius 2 is 1.91 bits per heavy atom. The molecule has 0 spiro atoms. The van der Waals surface area contributed by atoms with Gasteiger partial charge in [0.1, 0.15) is 6.54 Å². The molecule has 3 aromatic rings. The van der Waals surface area contributed by atoms with E-state index in [1.54, 1.807) is 25.3 Å². The first-order valence-corrected chi connectivity index (χ1v) is 10.9. The maximum atomic E-state index is 12.4. The Labute approximate surface area is 197 Å². The number of nitrogens with one attached hydrogen (secondary N) is 1. The summed E-state index contributed by atoms with van der Waals surface area (Å²) in [4.78, 5) is 30.5. The highest BCUT2D eigenvalue weighted by Crippen LogP contribution is 2.39. The van der Waals surface area contributed by atoms with Gasteiger partial charge in [-0.3, -0.25) is 9.78 Å². The molecule has 4 rings (SSSR count). The van der Waals surface area contributed by atoms with Crippen LogP contribution in [0.15, 0.2) is 67.0 Å². The van der Waals surface area contributed by atoms with Gasteiger partial charge in [0.05, 0.1) is 37.1 Å². The monoisotopic (exact) mass is 464 g/mol. The largest absolute Gasteiger partial charge is 0.465 e. The van der Waals surface area contributed by atoms with Crippen molar-refractivity contribution in [1.82, 2.24) is 19.8 Å². The molecule has 2 atom stereocenters. The number of hydrogen-bond donors (Lipinski definition) is 1. The molecule has 2 aromatic heterocycles. The number of nitrogens with zero attached hydrogens (tertiary/aromatic N) is 3. The molecular formula is C24H24N4O4S. The van der Waals surface area contributed by atoms with E-state index in [0.717, 1.165) is 17.1 Å². The Hall–Kier alpha value is -3.72. The number of carbonyl (C=O) groups excluding carboxylic acids is 2. The SMILES string of the molecule is CCOC(=O)CN1C(=S)N[C@@H](c2ccccn2)[C@H]1c1cccn1-c1ccc(C(=O)OC)cc1. The van der Waals surface area contributed by atoms with Gasteiger partial charge < -0.3 is 24.3 Å². The van der Waals surface area contributed by atoms with Gasteiger partial charge >= 0.3 is 11.9 Å². The second kappa shape index (κ2) is 9.83. The van der Waals surface area contributed by atoms with E-state index in [1.165, 1.54) is 7.11 Å². The molecule has 3 heterocycles. The van der Waals surface area contributed by atoms with E-state index < -0.39 is 5.97 Å². The second-order valence-electron chi connectivity index (χ2n) is 7.40. The summed E-state index contributed by atoms with van der Waals surface area (Å²) >= 11 is 5.61. The predicted molar refractivity (Wildman–Crippen MR) is 126 cm³/mol. The van der Waals surface area contributed by atoms with Gasteiger partial charge in [0.2, 0.25) is 0 Å². The molecule has 0 unspecified atom stereocenters. The maximum absolute atomic E-state index is 12.4. The van der Waals surface area contributed by atoms with E-state index in [4.69, 9.17) is 21.7 Å². The zero-order chi connectivity index (χ0) is 23.4. The molecule has 1 aliphatic heterocycles. The van der Waals surface area contributed by atoms with Crippen molar-refractivity contribution in [2.24, 2.45) is 0 Å². The van der Waals surface area contributed by atoms with E-state index >= 15 is 0 Å². The molecular weight excluding hydrogens is 440 g/mol. The normalized spacial score (nSPS) is 17.5. The Morgan fingerprint density at radius 3 is 2.58 bits per heavy atom. The topological polar surface area (TPSA) is 85.7 Å². The van der Waals surface area contributed by atoms with E-state index in [9.17, 15) is 9.59 Å². The number of pyridine rings is 1. The smallest absolute Gasteiger partial charge is 0.337 e. The maximum Gasteiger partial charge on any atom is 0.337 e. The number of aromatic nitrogens is 2. The third kappa shape index (κ3) is 4.58. The second-order valence-corrected chi connectivity index (χ2v) is 7.79. The predicted octanol–water partition coefficient (Wildman–Crippen LogP) is 3.19. The van der Waals surface area contributed by atoms with E-state index in [2.05, 4.69) is 10.3 Å². The van der Waals surface area contributed by atoms with Crippen molar-refractivity contribution in [3.63, 3.8) is 0 Å². The third-order valence-corrected chi connectivity index (χ3v) is 5.80. The first-order valence-electron chi connectivity index (χ1n) is 10.5. The summed E-state index contributed by atoms with van der Waals surface area (Å²) < 4.78 is 12.0. The van der Waals surface area contributed by atoms with Crippen LogP contribution in [0.1, 0.15) is 40.8 Å². The van der Waals surface area contributed by atoms with Crippen molar-refractivity contribution in [3.05, 3.63) is 83.9 Å². The number of ether oxygens (including phenoxy) is 2. The van der Waals surface area contributed by atoms with Gasteiger partial charge in [-0.2, -0.15) is 0 Å². The molecule has 8 nitrogen and oxygen atoms in total. The van der Waals surface area contributed by atoms with Crippen LogP contribution in [-0.2, 0) is 14.3 Å². The summed E-state index contributed by atoms with van der Waals surface area (Å²) in [5.41, 5.74) is 3.04. The number of hydrogen-bond acceptors (Lipinski definition) is 6. The van der Waals surface area contributed by atoms with Gasteiger partial charge in [0.25, 0.3) is 0 Å². The van der Waals surface area contributed by atoms with Crippen LogP contribution in [0, 0.1) is 0 Å². The lowest BCUT2D eigenvalue weighted by Crippen LogP contribution is -2.36. The summed E-state index contributed by atoms with van der Waals surface area (Å²) in [6.45, 7) is 2.08. The first kappa shape index (κ1) is 22.5. The molecule has 0 radical (unpaired) electrons. The summed E-state index contributed by atoms with van der Waals surface area (Å²) in [7, 11) is 1.35. The Balaban J connectivity index is 1.74. The molecule has 1 fully saturated rings. The lowest BCUT2D eigenvalue weighted by atomic mass is 10.0. The van der Waals surface area contributed by atoms with Gasteiger partial charge in [-0.15, -0.1) is 0 Å². The van der Waals surface area contributed by atoms with Gasteiger partial charge in [0, 0.05) is 23.8 Å². The van der Waals surface area contributed by atoms with E-state index in [-0.39, 0.29) is 24.6 Å². The Bertz CT molecular complexity index is 1150. The molecule has 1 saturated heterocycles. The molecule has 0 bridgehead atoms. The standard InChI is InChI=1S/C24H24N4O4S/c1-3-32-20(29)15-28-22(21(26-24(28)33)18-7-4-5-13-25-18)19-8-6-14-27(19)17-11-9-16(10-12-17)23(30)31-2/h4-14,21-22H,3,15H2,1-2H3,(H,26,33)/t21-,22+/m0/s1. The van der Waals surface area contributed by atoms with Gasteiger partial charge in [0.15, 0.2) is 5.11 Å². The number of carbonyl (C=O) groups is 2. The average molecular weight is 465 g/mol. The molecule has 0 amide bonds. The minimum atomic E-state index is -0.393. The summed E-state index contributed by atoms with van der Waals surface area (Å²) in [6.07, 6.45) is 3.66. The van der Waals surface area contributed by atoms with Crippen LogP contribution in [0.25, 0.3) is 5.69 Å². The van der Waals surface area contributed by atoms with Crippen molar-refractivity contribution in [3.8, 4) is 5.69 Å². The number of methoxy groups -OCH3 is 1. The van der Waals surface area contributed by atoms with Crippen LogP contribution in [0.2, 0.25) is 0 Å². The van der Waals surface area contributed by atoms with Crippen LogP contribution in [0.3, 0.4) is 0 Å². The lowest BCUT2D eigenvalue weighted by molar-refractivity contribution is -0.143. The fourth-order valence-electron chi connectivity index (χ4n) is 3.99. The van der Waals surface area contributed by atoms with Crippen molar-refractivity contribution in [1.29, 1.82) is 0 Å². The van der Waals surface area contributed by atoms with Crippen molar-refractivity contribution in [2.75, 3.05) is 20.3 Å². The molecule has 1 aromatic carbocycles. The van der Waals surface area contributed by atoms with Crippen molar-refractivity contribution >= 4 is 29.3 Å². The minimum absolute atomic E-state index is 0.0140. The van der Waals surface area contributed by atoms with Gasteiger partial charge in [-0.1, -0.05) is 6.07 Å². The van der Waals surface area contributed by atoms with Crippen LogP contribution in [0.4, 0.5) is 0 Å². The average Bonchev–Trinajstić information content (AvgIpc) is 3.44.